The van der Waals surface area contributed by atoms with E-state index in [9.17, 15) is 9.18 Å². The molecule has 25 heavy (non-hydrogen) atoms. The summed E-state index contributed by atoms with van der Waals surface area (Å²) in [7, 11) is 0. The summed E-state index contributed by atoms with van der Waals surface area (Å²) >= 11 is 0. The van der Waals surface area contributed by atoms with E-state index in [1.54, 1.807) is 18.2 Å². The van der Waals surface area contributed by atoms with Gasteiger partial charge in [-0.1, -0.05) is 18.2 Å². The van der Waals surface area contributed by atoms with E-state index in [-0.39, 0.29) is 11.4 Å². The minimum atomic E-state index is -0.326. The van der Waals surface area contributed by atoms with E-state index in [4.69, 9.17) is 4.42 Å². The van der Waals surface area contributed by atoms with Crippen molar-refractivity contribution < 1.29 is 8.81 Å². The van der Waals surface area contributed by atoms with E-state index in [0.29, 0.717) is 5.58 Å². The molecule has 1 aliphatic rings. The Morgan fingerprint density at radius 3 is 2.56 bits per heavy atom. The fraction of sp³-hybridized carbons (Fsp3) is 0.250. The van der Waals surface area contributed by atoms with Gasteiger partial charge in [-0.25, -0.2) is 9.18 Å². The molecule has 0 radical (unpaired) electrons. The Balaban J connectivity index is 1.42. The molecule has 4 nitrogen and oxygen atoms in total. The molecule has 3 aromatic rings. The van der Waals surface area contributed by atoms with Gasteiger partial charge in [0.05, 0.1) is 0 Å². The molecule has 1 aromatic heterocycles. The molecule has 0 atom stereocenters. The van der Waals surface area contributed by atoms with Crippen LogP contribution in [0.15, 0.2) is 63.8 Å². The Bertz CT molecular complexity index is 946. The first-order valence-electron chi connectivity index (χ1n) is 8.43. The molecule has 0 amide bonds. The lowest BCUT2D eigenvalue weighted by Gasteiger charge is -2.36. The van der Waals surface area contributed by atoms with Crippen molar-refractivity contribution in [2.75, 3.05) is 31.1 Å². The van der Waals surface area contributed by atoms with Crippen molar-refractivity contribution in [3.05, 3.63) is 76.4 Å². The lowest BCUT2D eigenvalue weighted by atomic mass is 10.1. The number of hydrogen-bond acceptors (Lipinski definition) is 4. The summed E-state index contributed by atoms with van der Waals surface area (Å²) in [5, 5.41) is 0.930. The predicted octanol–water partition coefficient (Wildman–Crippen LogP) is 3.25. The quantitative estimate of drug-likeness (QED) is 0.687. The summed E-state index contributed by atoms with van der Waals surface area (Å²) in [5.41, 5.74) is 2.37. The van der Waals surface area contributed by atoms with Gasteiger partial charge in [0, 0.05) is 49.9 Å². The Kier molecular flexibility index (Phi) is 4.24. The van der Waals surface area contributed by atoms with Crippen LogP contribution >= 0.6 is 0 Å². The van der Waals surface area contributed by atoms with Crippen molar-refractivity contribution in [1.82, 2.24) is 4.90 Å². The lowest BCUT2D eigenvalue weighted by molar-refractivity contribution is 0.250. The van der Waals surface area contributed by atoms with Crippen LogP contribution in [-0.2, 0) is 6.54 Å². The number of anilines is 1. The molecule has 2 aromatic carbocycles. The van der Waals surface area contributed by atoms with E-state index < -0.39 is 0 Å². The first-order chi connectivity index (χ1) is 12.2. The molecular formula is C20H19FN2O2. The molecule has 1 fully saturated rings. The highest BCUT2D eigenvalue weighted by molar-refractivity contribution is 5.76. The van der Waals surface area contributed by atoms with E-state index >= 15 is 0 Å². The number of hydrogen-bond donors (Lipinski definition) is 0. The summed E-state index contributed by atoms with van der Waals surface area (Å²) in [6, 6.07) is 16.0. The molecule has 0 aliphatic carbocycles. The van der Waals surface area contributed by atoms with Crippen LogP contribution < -0.4 is 10.5 Å². The Morgan fingerprint density at radius 1 is 0.960 bits per heavy atom. The van der Waals surface area contributed by atoms with Gasteiger partial charge in [-0.05, 0) is 35.9 Å². The number of piperazine rings is 1. The zero-order valence-electron chi connectivity index (χ0n) is 13.8. The van der Waals surface area contributed by atoms with Gasteiger partial charge in [0.25, 0.3) is 0 Å². The van der Waals surface area contributed by atoms with E-state index in [1.807, 2.05) is 18.2 Å². The topological polar surface area (TPSA) is 36.7 Å². The molecule has 0 N–H and O–H groups in total. The molecule has 0 spiro atoms. The molecule has 5 heteroatoms. The molecule has 1 aliphatic heterocycles. The summed E-state index contributed by atoms with van der Waals surface area (Å²) in [6.45, 7) is 4.37. The number of fused-ring (bicyclic) bond motifs is 1. The second-order valence-corrected chi connectivity index (χ2v) is 6.37. The van der Waals surface area contributed by atoms with Crippen molar-refractivity contribution in [2.45, 2.75) is 6.54 Å². The van der Waals surface area contributed by atoms with E-state index in [0.717, 1.165) is 49.4 Å². The molecule has 4 rings (SSSR count). The fourth-order valence-corrected chi connectivity index (χ4v) is 3.30. The van der Waals surface area contributed by atoms with Crippen LogP contribution in [0.2, 0.25) is 0 Å². The van der Waals surface area contributed by atoms with Gasteiger partial charge in [0.15, 0.2) is 0 Å². The zero-order valence-corrected chi connectivity index (χ0v) is 13.8. The van der Waals surface area contributed by atoms with Gasteiger partial charge >= 0.3 is 5.63 Å². The second kappa shape index (κ2) is 6.69. The molecular weight excluding hydrogens is 319 g/mol. The van der Waals surface area contributed by atoms with Crippen LogP contribution in [0.25, 0.3) is 11.0 Å². The summed E-state index contributed by atoms with van der Waals surface area (Å²) < 4.78 is 18.6. The second-order valence-electron chi connectivity index (χ2n) is 6.37. The maximum absolute atomic E-state index is 13.4. The van der Waals surface area contributed by atoms with Gasteiger partial charge < -0.3 is 9.32 Å². The number of halogens is 1. The van der Waals surface area contributed by atoms with Crippen LogP contribution in [0.1, 0.15) is 5.56 Å². The standard InChI is InChI=1S/C20H19FN2O2/c21-17-2-1-3-18(13-17)23-10-8-22(9-11-23)14-15-4-5-16-6-7-20(24)25-19(16)12-15/h1-7,12-13H,8-11,14H2. The highest BCUT2D eigenvalue weighted by atomic mass is 19.1. The maximum Gasteiger partial charge on any atom is 0.336 e. The fourth-order valence-electron chi connectivity index (χ4n) is 3.30. The van der Waals surface area contributed by atoms with Crippen LogP contribution in [0.5, 0.6) is 0 Å². The van der Waals surface area contributed by atoms with Crippen LogP contribution in [0.3, 0.4) is 0 Å². The van der Waals surface area contributed by atoms with E-state index in [1.165, 1.54) is 12.1 Å². The van der Waals surface area contributed by atoms with Gasteiger partial charge in [-0.15, -0.1) is 0 Å². The first-order valence-corrected chi connectivity index (χ1v) is 8.43. The molecule has 128 valence electrons. The van der Waals surface area contributed by atoms with Gasteiger partial charge in [-0.3, -0.25) is 4.90 Å². The third-order valence-corrected chi connectivity index (χ3v) is 4.64. The molecule has 1 saturated heterocycles. The maximum atomic E-state index is 13.4. The van der Waals surface area contributed by atoms with Crippen molar-refractivity contribution in [3.8, 4) is 0 Å². The van der Waals surface area contributed by atoms with Crippen molar-refractivity contribution >= 4 is 16.7 Å². The Morgan fingerprint density at radius 2 is 1.76 bits per heavy atom. The number of benzene rings is 2. The number of rotatable bonds is 3. The molecule has 2 heterocycles. The van der Waals surface area contributed by atoms with Gasteiger partial charge in [-0.2, -0.15) is 0 Å². The largest absolute Gasteiger partial charge is 0.423 e. The van der Waals surface area contributed by atoms with Crippen LogP contribution in [0, 0.1) is 5.82 Å². The zero-order chi connectivity index (χ0) is 17.2. The SMILES string of the molecule is O=c1ccc2ccc(CN3CCN(c4cccc(F)c4)CC3)cc2o1. The summed E-state index contributed by atoms with van der Waals surface area (Å²) in [6.07, 6.45) is 0. The molecule has 0 bridgehead atoms. The smallest absolute Gasteiger partial charge is 0.336 e. The predicted molar refractivity (Wildman–Crippen MR) is 96.4 cm³/mol. The lowest BCUT2D eigenvalue weighted by Crippen LogP contribution is -2.46. The van der Waals surface area contributed by atoms with Crippen LogP contribution in [-0.4, -0.2) is 31.1 Å². The van der Waals surface area contributed by atoms with Gasteiger partial charge in [0.1, 0.15) is 11.4 Å². The van der Waals surface area contributed by atoms with Crippen molar-refractivity contribution in [3.63, 3.8) is 0 Å². The van der Waals surface area contributed by atoms with Crippen LogP contribution in [0.4, 0.5) is 10.1 Å². The van der Waals surface area contributed by atoms with Crippen molar-refractivity contribution in [2.24, 2.45) is 0 Å². The average molecular weight is 338 g/mol. The summed E-state index contributed by atoms with van der Waals surface area (Å²) in [5.74, 6) is -0.197. The first kappa shape index (κ1) is 15.8. The van der Waals surface area contributed by atoms with E-state index in [2.05, 4.69) is 15.9 Å². The van der Waals surface area contributed by atoms with Crippen molar-refractivity contribution in [1.29, 1.82) is 0 Å². The average Bonchev–Trinajstić information content (AvgIpc) is 2.62. The third-order valence-electron chi connectivity index (χ3n) is 4.64. The Hall–Kier alpha value is -2.66. The highest BCUT2D eigenvalue weighted by Crippen LogP contribution is 2.20. The monoisotopic (exact) mass is 338 g/mol. The molecule has 0 saturated carbocycles. The minimum Gasteiger partial charge on any atom is -0.423 e. The Labute approximate surface area is 145 Å². The number of nitrogens with zero attached hydrogens (tertiary/aromatic N) is 2. The van der Waals surface area contributed by atoms with Gasteiger partial charge in [0.2, 0.25) is 0 Å². The summed E-state index contributed by atoms with van der Waals surface area (Å²) in [4.78, 5) is 15.9. The normalized spacial score (nSPS) is 15.6. The minimum absolute atomic E-state index is 0.197. The third kappa shape index (κ3) is 3.56. The molecule has 0 unspecified atom stereocenters. The highest BCUT2D eigenvalue weighted by Gasteiger charge is 2.17.